The molecule has 0 radical (unpaired) electrons. The predicted octanol–water partition coefficient (Wildman–Crippen LogP) is 4.31. The second kappa shape index (κ2) is 6.79. The summed E-state index contributed by atoms with van der Waals surface area (Å²) in [5.74, 6) is 0. The zero-order valence-electron chi connectivity index (χ0n) is 15.0. The van der Waals surface area contributed by atoms with Crippen molar-refractivity contribution in [2.45, 2.75) is 31.0 Å². The summed E-state index contributed by atoms with van der Waals surface area (Å²) in [6, 6.07) is 8.54. The van der Waals surface area contributed by atoms with Crippen LogP contribution in [0.3, 0.4) is 0 Å². The Labute approximate surface area is 163 Å². The average Bonchev–Trinajstić information content (AvgIpc) is 2.92. The molecule has 0 N–H and O–H groups in total. The van der Waals surface area contributed by atoms with E-state index in [1.165, 1.54) is 3.97 Å². The number of pyridine rings is 1. The lowest BCUT2D eigenvalue weighted by molar-refractivity contribution is 0.587. The number of halogens is 1. The van der Waals surface area contributed by atoms with E-state index in [4.69, 9.17) is 0 Å². The van der Waals surface area contributed by atoms with Crippen molar-refractivity contribution in [1.82, 2.24) is 8.96 Å². The monoisotopic (exact) mass is 448 g/mol. The number of rotatable bonds is 5. The molecule has 7 heteroatoms. The molecule has 136 valence electrons. The lowest BCUT2D eigenvalue weighted by Crippen LogP contribution is -2.40. The van der Waals surface area contributed by atoms with Crippen LogP contribution in [0.15, 0.2) is 64.7 Å². The first-order valence-electron chi connectivity index (χ1n) is 8.28. The molecule has 0 saturated heterocycles. The van der Waals surface area contributed by atoms with Gasteiger partial charge in [-0.15, -0.1) is 6.58 Å². The topological polar surface area (TPSA) is 52.0 Å². The first-order chi connectivity index (χ1) is 12.2. The minimum Gasteiger partial charge on any atom is -0.263 e. The molecule has 0 unspecified atom stereocenters. The molecule has 0 spiro atoms. The third-order valence-electron chi connectivity index (χ3n) is 4.25. The highest BCUT2D eigenvalue weighted by Crippen LogP contribution is 2.31. The van der Waals surface area contributed by atoms with E-state index in [0.717, 1.165) is 16.3 Å². The van der Waals surface area contributed by atoms with E-state index in [2.05, 4.69) is 47.1 Å². The summed E-state index contributed by atoms with van der Waals surface area (Å²) in [5, 5.41) is 2.01. The van der Waals surface area contributed by atoms with Crippen molar-refractivity contribution in [3.63, 3.8) is 0 Å². The first-order valence-corrected chi connectivity index (χ1v) is 14.0. The van der Waals surface area contributed by atoms with Crippen LogP contribution in [0.5, 0.6) is 0 Å². The maximum atomic E-state index is 13.5. The third-order valence-corrected chi connectivity index (χ3v) is 8.64. The van der Waals surface area contributed by atoms with Crippen LogP contribution in [0.25, 0.3) is 10.9 Å². The Morgan fingerprint density at radius 1 is 1.19 bits per heavy atom. The number of benzene rings is 1. The minimum absolute atomic E-state index is 0.271. The van der Waals surface area contributed by atoms with E-state index >= 15 is 0 Å². The molecule has 1 aromatic carbocycles. The Hall–Kier alpha value is -1.70. The van der Waals surface area contributed by atoms with Gasteiger partial charge in [0.15, 0.2) is 0 Å². The molecule has 26 heavy (non-hydrogen) atoms. The number of hydrogen-bond donors (Lipinski definition) is 0. The van der Waals surface area contributed by atoms with Gasteiger partial charge < -0.3 is 0 Å². The average molecular weight is 449 g/mol. The lowest BCUT2D eigenvalue weighted by atomic mass is 10.3. The fraction of sp³-hybridized carbons (Fsp3) is 0.211. The Morgan fingerprint density at radius 3 is 2.42 bits per heavy atom. The van der Waals surface area contributed by atoms with Crippen molar-refractivity contribution in [3.8, 4) is 0 Å². The Bertz CT molecular complexity index is 1080. The molecule has 0 aliphatic carbocycles. The number of aromatic nitrogens is 2. The predicted molar refractivity (Wildman–Crippen MR) is 113 cm³/mol. The van der Waals surface area contributed by atoms with Crippen LogP contribution >= 0.6 is 15.9 Å². The highest BCUT2D eigenvalue weighted by atomic mass is 79.9. The van der Waals surface area contributed by atoms with Crippen molar-refractivity contribution >= 4 is 50.1 Å². The van der Waals surface area contributed by atoms with E-state index in [9.17, 15) is 8.42 Å². The molecule has 0 atom stereocenters. The molecule has 3 rings (SSSR count). The van der Waals surface area contributed by atoms with E-state index in [0.29, 0.717) is 16.4 Å². The summed E-state index contributed by atoms with van der Waals surface area (Å²) in [6.45, 7) is 10.5. The maximum absolute atomic E-state index is 13.5. The summed E-state index contributed by atoms with van der Waals surface area (Å²) < 4.78 is 29.2. The zero-order chi connectivity index (χ0) is 19.1. The molecule has 0 bridgehead atoms. The maximum Gasteiger partial charge on any atom is 0.268 e. The van der Waals surface area contributed by atoms with Gasteiger partial charge in [0.05, 0.1) is 23.0 Å². The second-order valence-corrected chi connectivity index (χ2v) is 14.8. The highest BCUT2D eigenvalue weighted by Gasteiger charge is 2.33. The molecule has 3 aromatic rings. The van der Waals surface area contributed by atoms with Crippen molar-refractivity contribution in [3.05, 3.63) is 65.5 Å². The standard InChI is InChI=1S/C19H21BrN2O2SSi/c1-5-9-17-19(26(2,3)4)15-12-21-13-16(20)18(15)22(17)25(23,24)14-10-7-6-8-11-14/h5-8,10-13H,1,9H2,2-4H3. The lowest BCUT2D eigenvalue weighted by Gasteiger charge is -2.19. The fourth-order valence-corrected chi connectivity index (χ4v) is 7.71. The van der Waals surface area contributed by atoms with Gasteiger partial charge in [-0.2, -0.15) is 0 Å². The molecular formula is C19H21BrN2O2SSi. The number of allylic oxidation sites excluding steroid dienone is 1. The van der Waals surface area contributed by atoms with Gasteiger partial charge in [0.1, 0.15) is 0 Å². The van der Waals surface area contributed by atoms with Gasteiger partial charge in [0.2, 0.25) is 0 Å². The normalized spacial score (nSPS) is 12.5. The number of nitrogens with zero attached hydrogens (tertiary/aromatic N) is 2. The molecule has 0 fully saturated rings. The fourth-order valence-electron chi connectivity index (χ4n) is 3.33. The molecule has 0 amide bonds. The minimum atomic E-state index is -3.75. The molecule has 0 aliphatic rings. The first kappa shape index (κ1) is 19.1. The summed E-state index contributed by atoms with van der Waals surface area (Å²) >= 11 is 3.52. The Morgan fingerprint density at radius 2 is 1.85 bits per heavy atom. The molecule has 4 nitrogen and oxygen atoms in total. The van der Waals surface area contributed by atoms with E-state index in [-0.39, 0.29) is 4.90 Å². The summed E-state index contributed by atoms with van der Waals surface area (Å²) in [4.78, 5) is 4.57. The molecule has 0 aliphatic heterocycles. The van der Waals surface area contributed by atoms with Crippen molar-refractivity contribution < 1.29 is 8.42 Å². The van der Waals surface area contributed by atoms with Crippen LogP contribution in [-0.4, -0.2) is 25.4 Å². The van der Waals surface area contributed by atoms with Crippen LogP contribution in [0.1, 0.15) is 5.69 Å². The van der Waals surface area contributed by atoms with Gasteiger partial charge in [-0.25, -0.2) is 12.4 Å². The van der Waals surface area contributed by atoms with Crippen LogP contribution < -0.4 is 5.19 Å². The van der Waals surface area contributed by atoms with E-state index in [1.54, 1.807) is 42.7 Å². The van der Waals surface area contributed by atoms with Gasteiger partial charge in [-0.05, 0) is 33.2 Å². The highest BCUT2D eigenvalue weighted by molar-refractivity contribution is 9.10. The summed E-state index contributed by atoms with van der Waals surface area (Å²) in [6.07, 6.45) is 5.66. The van der Waals surface area contributed by atoms with Crippen LogP contribution in [0, 0.1) is 0 Å². The van der Waals surface area contributed by atoms with Gasteiger partial charge >= 0.3 is 0 Å². The summed E-state index contributed by atoms with van der Waals surface area (Å²) in [7, 11) is -5.60. The Kier molecular flexibility index (Phi) is 4.98. The number of hydrogen-bond acceptors (Lipinski definition) is 3. The van der Waals surface area contributed by atoms with E-state index in [1.807, 2.05) is 6.07 Å². The van der Waals surface area contributed by atoms with Crippen LogP contribution in [-0.2, 0) is 16.4 Å². The van der Waals surface area contributed by atoms with Crippen molar-refractivity contribution in [1.29, 1.82) is 0 Å². The van der Waals surface area contributed by atoms with Crippen molar-refractivity contribution in [2.75, 3.05) is 0 Å². The largest absolute Gasteiger partial charge is 0.268 e. The van der Waals surface area contributed by atoms with Gasteiger partial charge in [0.25, 0.3) is 10.0 Å². The molecule has 2 heterocycles. The molecule has 2 aromatic heterocycles. The smallest absolute Gasteiger partial charge is 0.263 e. The van der Waals surface area contributed by atoms with Crippen LogP contribution in [0.4, 0.5) is 0 Å². The number of fused-ring (bicyclic) bond motifs is 1. The third kappa shape index (κ3) is 3.08. The Balaban J connectivity index is 2.53. The van der Waals surface area contributed by atoms with Gasteiger partial charge in [-0.1, -0.05) is 43.9 Å². The van der Waals surface area contributed by atoms with E-state index < -0.39 is 18.1 Å². The zero-order valence-corrected chi connectivity index (χ0v) is 18.4. The molecule has 0 saturated carbocycles. The summed E-state index contributed by atoms with van der Waals surface area (Å²) in [5.41, 5.74) is 1.44. The molecular weight excluding hydrogens is 428 g/mol. The van der Waals surface area contributed by atoms with Crippen molar-refractivity contribution in [2.24, 2.45) is 0 Å². The van der Waals surface area contributed by atoms with Gasteiger partial charge in [-0.3, -0.25) is 4.98 Å². The quantitative estimate of drug-likeness (QED) is 0.431. The van der Waals surface area contributed by atoms with Crippen LogP contribution in [0.2, 0.25) is 19.6 Å². The van der Waals surface area contributed by atoms with Gasteiger partial charge in [0, 0.05) is 29.9 Å². The SMILES string of the molecule is C=CCc1c([Si](C)(C)C)c2cncc(Br)c2n1S(=O)(=O)c1ccccc1. The second-order valence-electron chi connectivity index (χ2n) is 7.16.